The molecule has 0 spiro atoms. The van der Waals surface area contributed by atoms with Crippen molar-refractivity contribution in [3.63, 3.8) is 0 Å². The molecule has 0 aliphatic rings. The van der Waals surface area contributed by atoms with Gasteiger partial charge >= 0.3 is 17.7 Å². The number of nitrogens with zero attached hydrogens (tertiary/aromatic N) is 1. The van der Waals surface area contributed by atoms with Crippen LogP contribution in [-0.4, -0.2) is 42.1 Å². The molecule has 33 heavy (non-hydrogen) atoms. The molecule has 0 aliphatic heterocycles. The van der Waals surface area contributed by atoms with Gasteiger partial charge in [0.2, 0.25) is 0 Å². The summed E-state index contributed by atoms with van der Waals surface area (Å²) in [6.45, 7) is 16.9. The van der Waals surface area contributed by atoms with Crippen LogP contribution in [0.5, 0.6) is 5.75 Å². The lowest BCUT2D eigenvalue weighted by atomic mass is 9.96. The van der Waals surface area contributed by atoms with Gasteiger partial charge in [-0.1, -0.05) is 33.8 Å². The Morgan fingerprint density at radius 1 is 1.18 bits per heavy atom. The minimum absolute atomic E-state index is 0.130. The molecule has 2 atom stereocenters. The minimum atomic E-state index is -2.29. The molecule has 0 heterocycles. The molecule has 1 amide bonds. The molecule has 9 nitrogen and oxygen atoms in total. The molecule has 1 rings (SSSR count). The molecule has 0 aliphatic carbocycles. The zero-order valence-electron chi connectivity index (χ0n) is 21.1. The molecular weight excluding hydrogens is 444 g/mol. The summed E-state index contributed by atoms with van der Waals surface area (Å²) >= 11 is 0. The van der Waals surface area contributed by atoms with E-state index in [2.05, 4.69) is 26.1 Å². The van der Waals surface area contributed by atoms with E-state index in [1.165, 1.54) is 6.07 Å². The second kappa shape index (κ2) is 10.5. The van der Waals surface area contributed by atoms with Gasteiger partial charge in [-0.2, -0.15) is 0 Å². The number of carboxylic acids is 1. The van der Waals surface area contributed by atoms with E-state index in [0.717, 1.165) is 0 Å². The Morgan fingerprint density at radius 2 is 1.76 bits per heavy atom. The number of ether oxygens (including phenoxy) is 1. The van der Waals surface area contributed by atoms with E-state index in [1.54, 1.807) is 39.8 Å². The number of nitro groups is 1. The Morgan fingerprint density at radius 3 is 2.21 bits per heavy atom. The lowest BCUT2D eigenvalue weighted by Crippen LogP contribution is -2.44. The van der Waals surface area contributed by atoms with Crippen molar-refractivity contribution < 1.29 is 28.8 Å². The summed E-state index contributed by atoms with van der Waals surface area (Å²) in [6.07, 6.45) is -0.319. The van der Waals surface area contributed by atoms with E-state index < -0.39 is 42.9 Å². The predicted molar refractivity (Wildman–Crippen MR) is 129 cm³/mol. The molecule has 1 aromatic rings. The van der Waals surface area contributed by atoms with Crippen molar-refractivity contribution in [3.05, 3.63) is 33.9 Å². The van der Waals surface area contributed by atoms with E-state index in [1.807, 2.05) is 13.1 Å². The second-order valence-corrected chi connectivity index (χ2v) is 15.7. The molecule has 0 saturated heterocycles. The van der Waals surface area contributed by atoms with E-state index >= 15 is 0 Å². The summed E-state index contributed by atoms with van der Waals surface area (Å²) in [5.74, 6) is -1.50. The van der Waals surface area contributed by atoms with Crippen LogP contribution in [0.2, 0.25) is 18.1 Å². The zero-order chi connectivity index (χ0) is 25.8. The first-order valence-electron chi connectivity index (χ1n) is 11.0. The fraction of sp³-hybridized carbons (Fsp3) is 0.652. The summed E-state index contributed by atoms with van der Waals surface area (Å²) in [4.78, 5) is 34.9. The van der Waals surface area contributed by atoms with Gasteiger partial charge in [0.25, 0.3) is 8.32 Å². The summed E-state index contributed by atoms with van der Waals surface area (Å²) in [5.41, 5.74) is -0.281. The monoisotopic (exact) mass is 482 g/mol. The van der Waals surface area contributed by atoms with Crippen molar-refractivity contribution >= 4 is 26.1 Å². The number of hydrogen-bond donors (Lipinski definition) is 2. The highest BCUT2D eigenvalue weighted by atomic mass is 28.4. The number of aliphatic carboxylic acids is 1. The number of nitrogens with one attached hydrogen (secondary N) is 1. The average molecular weight is 483 g/mol. The van der Waals surface area contributed by atoms with Gasteiger partial charge in [-0.15, -0.1) is 0 Å². The molecule has 1 unspecified atom stereocenters. The smallest absolute Gasteiger partial charge is 0.407 e. The number of benzene rings is 1. The Labute approximate surface area is 197 Å². The quantitative estimate of drug-likeness (QED) is 0.269. The van der Waals surface area contributed by atoms with Gasteiger partial charge in [0.15, 0.2) is 5.75 Å². The van der Waals surface area contributed by atoms with Crippen molar-refractivity contribution in [1.82, 2.24) is 5.32 Å². The Hall–Kier alpha value is -2.62. The van der Waals surface area contributed by atoms with Crippen LogP contribution in [0.25, 0.3) is 0 Å². The fourth-order valence-corrected chi connectivity index (χ4v) is 3.86. The molecule has 1 aromatic carbocycles. The third kappa shape index (κ3) is 9.03. The number of amides is 1. The molecule has 0 fully saturated rings. The molecule has 0 radical (unpaired) electrons. The van der Waals surface area contributed by atoms with Crippen LogP contribution < -0.4 is 9.74 Å². The van der Waals surface area contributed by atoms with E-state index in [0.29, 0.717) is 5.56 Å². The summed E-state index contributed by atoms with van der Waals surface area (Å²) in [6, 6.07) is 4.14. The Kier molecular flexibility index (Phi) is 9.07. The van der Waals surface area contributed by atoms with Crippen LogP contribution in [0.15, 0.2) is 18.2 Å². The van der Waals surface area contributed by atoms with Crippen molar-refractivity contribution in [2.75, 3.05) is 0 Å². The number of nitro benzene ring substituents is 1. The third-order valence-electron chi connectivity index (χ3n) is 5.65. The summed E-state index contributed by atoms with van der Waals surface area (Å²) < 4.78 is 11.5. The van der Waals surface area contributed by atoms with Gasteiger partial charge in [-0.05, 0) is 63.4 Å². The van der Waals surface area contributed by atoms with Crippen molar-refractivity contribution in [2.24, 2.45) is 5.92 Å². The maximum Gasteiger partial charge on any atom is 0.407 e. The Bertz CT molecular complexity index is 873. The number of alkyl carbamates (subject to hydrolysis) is 1. The minimum Gasteiger partial charge on any atom is -0.539 e. The van der Waals surface area contributed by atoms with Crippen LogP contribution in [0.4, 0.5) is 10.5 Å². The maximum atomic E-state index is 12.3. The highest BCUT2D eigenvalue weighted by Crippen LogP contribution is 2.40. The molecule has 0 saturated carbocycles. The number of rotatable bonds is 9. The zero-order valence-corrected chi connectivity index (χ0v) is 22.1. The normalized spacial score (nSPS) is 14.2. The lowest BCUT2D eigenvalue weighted by molar-refractivity contribution is -0.385. The molecule has 0 aromatic heterocycles. The van der Waals surface area contributed by atoms with Gasteiger partial charge in [0, 0.05) is 12.1 Å². The van der Waals surface area contributed by atoms with Crippen molar-refractivity contribution in [2.45, 2.75) is 91.1 Å². The predicted octanol–water partition coefficient (Wildman–Crippen LogP) is 5.53. The number of carboxylic acid groups (broad SMARTS) is 1. The molecule has 0 bridgehead atoms. The first-order chi connectivity index (χ1) is 14.8. The van der Waals surface area contributed by atoms with Gasteiger partial charge in [-0.25, -0.2) is 4.79 Å². The van der Waals surface area contributed by atoms with Crippen LogP contribution in [0.3, 0.4) is 0 Å². The highest BCUT2D eigenvalue weighted by molar-refractivity contribution is 6.74. The third-order valence-corrected chi connectivity index (χ3v) is 10.00. The van der Waals surface area contributed by atoms with Gasteiger partial charge in [0.05, 0.1) is 10.8 Å². The Balaban J connectivity index is 3.20. The first kappa shape index (κ1) is 28.4. The van der Waals surface area contributed by atoms with Crippen LogP contribution in [0.1, 0.15) is 60.5 Å². The molecule has 186 valence electrons. The molecule has 10 heteroatoms. The maximum absolute atomic E-state index is 12.3. The summed E-state index contributed by atoms with van der Waals surface area (Å²) in [7, 11) is -2.29. The van der Waals surface area contributed by atoms with E-state index in [9.17, 15) is 24.8 Å². The van der Waals surface area contributed by atoms with Gasteiger partial charge < -0.3 is 19.6 Å². The number of hydrogen-bond acceptors (Lipinski definition) is 6. The first-order valence-corrected chi connectivity index (χ1v) is 13.9. The number of carbonyl (C=O) groups excluding carboxylic acids is 1. The second-order valence-electron chi connectivity index (χ2n) is 10.9. The van der Waals surface area contributed by atoms with Crippen LogP contribution in [0, 0.1) is 16.0 Å². The largest absolute Gasteiger partial charge is 0.539 e. The van der Waals surface area contributed by atoms with Crippen molar-refractivity contribution in [3.8, 4) is 5.75 Å². The van der Waals surface area contributed by atoms with Crippen LogP contribution >= 0.6 is 0 Å². The SMILES string of the molecule is CC(C[C@H](Cc1ccc(O[Si](C)(C)C(C)(C)C)c([N+](=O)[O-])c1)NC(=O)OC(C)(C)C)C(=O)O. The van der Waals surface area contributed by atoms with E-state index in [-0.39, 0.29) is 29.3 Å². The molecular formula is C23H38N2O7Si. The number of carbonyl (C=O) groups is 2. The van der Waals surface area contributed by atoms with Gasteiger partial charge in [0.1, 0.15) is 5.60 Å². The highest BCUT2D eigenvalue weighted by Gasteiger charge is 2.40. The fourth-order valence-electron chi connectivity index (χ4n) is 2.83. The lowest BCUT2D eigenvalue weighted by Gasteiger charge is -2.36. The van der Waals surface area contributed by atoms with Crippen LogP contribution in [-0.2, 0) is 16.0 Å². The average Bonchev–Trinajstić information content (AvgIpc) is 2.59. The topological polar surface area (TPSA) is 128 Å². The van der Waals surface area contributed by atoms with Gasteiger partial charge in [-0.3, -0.25) is 14.9 Å². The summed E-state index contributed by atoms with van der Waals surface area (Å²) in [5, 5.41) is 23.6. The standard InChI is InChI=1S/C23H38N2O7Si/c1-15(20(26)27)12-17(24-21(28)31-22(2,3)4)13-16-10-11-19(18(14-16)25(29)30)32-33(8,9)23(5,6)7/h10-11,14-15,17H,12-13H2,1-9H3,(H,24,28)(H,26,27)/t15?,17-/m1/s1. The van der Waals surface area contributed by atoms with Crippen molar-refractivity contribution in [1.29, 1.82) is 0 Å². The molecule has 2 N–H and O–H groups in total. The van der Waals surface area contributed by atoms with E-state index in [4.69, 9.17) is 9.16 Å².